The van der Waals surface area contributed by atoms with E-state index in [4.69, 9.17) is 11.6 Å². The molecule has 2 aliphatic heterocycles. The minimum atomic E-state index is 0.458. The Bertz CT molecular complexity index is 609. The minimum Gasteiger partial charge on any atom is -0.307 e. The first kappa shape index (κ1) is 11.7. The van der Waals surface area contributed by atoms with Gasteiger partial charge in [0, 0.05) is 18.8 Å². The molecule has 2 aromatic rings. The summed E-state index contributed by atoms with van der Waals surface area (Å²) in [5.74, 6) is 1.42. The lowest BCUT2D eigenvalue weighted by atomic mass is 10.1. The normalized spacial score (nSPS) is 27.2. The molecule has 4 rings (SSSR count). The van der Waals surface area contributed by atoms with E-state index in [9.17, 15) is 0 Å². The van der Waals surface area contributed by atoms with Gasteiger partial charge in [-0.1, -0.05) is 0 Å². The molecule has 100 valence electrons. The van der Waals surface area contributed by atoms with Crippen LogP contribution in [0.5, 0.6) is 0 Å². The number of hydrogen-bond donors (Lipinski definition) is 0. The zero-order valence-electron chi connectivity index (χ0n) is 10.8. The van der Waals surface area contributed by atoms with Gasteiger partial charge in [0.05, 0.1) is 11.9 Å². The lowest BCUT2D eigenvalue weighted by Gasteiger charge is -2.23. The Kier molecular flexibility index (Phi) is 2.74. The maximum atomic E-state index is 6.10. The van der Waals surface area contributed by atoms with Crippen LogP contribution in [-0.4, -0.2) is 38.6 Å². The zero-order valence-corrected chi connectivity index (χ0v) is 11.6. The van der Waals surface area contributed by atoms with Crippen LogP contribution in [0.1, 0.15) is 31.1 Å². The highest BCUT2D eigenvalue weighted by Gasteiger charge is 2.39. The van der Waals surface area contributed by atoms with Crippen LogP contribution in [0.25, 0.3) is 11.2 Å². The Morgan fingerprint density at radius 1 is 1.26 bits per heavy atom. The Hall–Kier alpha value is -1.13. The molecule has 0 saturated carbocycles. The molecule has 0 radical (unpaired) electrons. The maximum absolute atomic E-state index is 6.10. The summed E-state index contributed by atoms with van der Waals surface area (Å²) >= 11 is 6.10. The molecule has 2 aromatic heterocycles. The molecular formula is C14H17ClN4. The Balaban J connectivity index is 1.85. The second-order valence-electron chi connectivity index (χ2n) is 5.48. The third kappa shape index (κ3) is 1.70. The number of pyridine rings is 1. The van der Waals surface area contributed by atoms with E-state index in [1.54, 1.807) is 0 Å². The van der Waals surface area contributed by atoms with Crippen molar-refractivity contribution >= 4 is 22.8 Å². The summed E-state index contributed by atoms with van der Waals surface area (Å²) in [5, 5.41) is 0. The molecule has 0 aliphatic carbocycles. The fraction of sp³-hybridized carbons (Fsp3) is 0.571. The lowest BCUT2D eigenvalue weighted by Crippen LogP contribution is -2.28. The van der Waals surface area contributed by atoms with E-state index >= 15 is 0 Å². The minimum absolute atomic E-state index is 0.458. The number of halogens is 1. The summed E-state index contributed by atoms with van der Waals surface area (Å²) in [7, 11) is 0. The SMILES string of the molecule is ClCc1nc2cccnc2n1C1CCN2CCCC12. The molecule has 2 saturated heterocycles. The smallest absolute Gasteiger partial charge is 0.160 e. The van der Waals surface area contributed by atoms with Crippen molar-refractivity contribution in [1.82, 2.24) is 19.4 Å². The van der Waals surface area contributed by atoms with Crippen LogP contribution < -0.4 is 0 Å². The van der Waals surface area contributed by atoms with Crippen molar-refractivity contribution in [2.75, 3.05) is 13.1 Å². The molecular weight excluding hydrogens is 260 g/mol. The third-order valence-electron chi connectivity index (χ3n) is 4.54. The number of nitrogens with zero attached hydrogens (tertiary/aromatic N) is 4. The molecule has 2 unspecified atom stereocenters. The van der Waals surface area contributed by atoms with Gasteiger partial charge in [-0.2, -0.15) is 0 Å². The topological polar surface area (TPSA) is 34.0 Å². The van der Waals surface area contributed by atoms with E-state index < -0.39 is 0 Å². The largest absolute Gasteiger partial charge is 0.307 e. The quantitative estimate of drug-likeness (QED) is 0.791. The summed E-state index contributed by atoms with van der Waals surface area (Å²) in [6.45, 7) is 2.45. The van der Waals surface area contributed by atoms with E-state index in [-0.39, 0.29) is 0 Å². The highest BCUT2D eigenvalue weighted by atomic mass is 35.5. The van der Waals surface area contributed by atoms with E-state index in [0.29, 0.717) is 18.0 Å². The van der Waals surface area contributed by atoms with Crippen LogP contribution in [0.4, 0.5) is 0 Å². The average molecular weight is 277 g/mol. The van der Waals surface area contributed by atoms with Gasteiger partial charge in [0.1, 0.15) is 11.3 Å². The number of hydrogen-bond acceptors (Lipinski definition) is 3. The number of alkyl halides is 1. The van der Waals surface area contributed by atoms with Gasteiger partial charge >= 0.3 is 0 Å². The zero-order chi connectivity index (χ0) is 12.8. The average Bonchev–Trinajstić information content (AvgIpc) is 3.10. The molecule has 0 aromatic carbocycles. The third-order valence-corrected chi connectivity index (χ3v) is 4.78. The van der Waals surface area contributed by atoms with Gasteiger partial charge in [-0.05, 0) is 37.9 Å². The van der Waals surface area contributed by atoms with Crippen molar-refractivity contribution in [3.63, 3.8) is 0 Å². The van der Waals surface area contributed by atoms with E-state index in [1.165, 1.54) is 32.4 Å². The van der Waals surface area contributed by atoms with Crippen LogP contribution in [0, 0.1) is 0 Å². The van der Waals surface area contributed by atoms with Crippen molar-refractivity contribution in [1.29, 1.82) is 0 Å². The molecule has 2 fully saturated rings. The van der Waals surface area contributed by atoms with Crippen LogP contribution in [0.15, 0.2) is 18.3 Å². The van der Waals surface area contributed by atoms with Gasteiger partial charge in [0.15, 0.2) is 5.65 Å². The van der Waals surface area contributed by atoms with Gasteiger partial charge in [0.2, 0.25) is 0 Å². The van der Waals surface area contributed by atoms with Gasteiger partial charge in [-0.25, -0.2) is 9.97 Å². The van der Waals surface area contributed by atoms with Crippen LogP contribution in [0.3, 0.4) is 0 Å². The monoisotopic (exact) mass is 276 g/mol. The first-order valence-corrected chi connectivity index (χ1v) is 7.54. The summed E-state index contributed by atoms with van der Waals surface area (Å²) in [6, 6.07) is 5.11. The summed E-state index contributed by atoms with van der Waals surface area (Å²) in [6.07, 6.45) is 5.65. The molecule has 19 heavy (non-hydrogen) atoms. The predicted molar refractivity (Wildman–Crippen MR) is 75.3 cm³/mol. The fourth-order valence-electron chi connectivity index (χ4n) is 3.78. The van der Waals surface area contributed by atoms with Crippen molar-refractivity contribution in [2.24, 2.45) is 0 Å². The molecule has 5 heteroatoms. The van der Waals surface area contributed by atoms with Crippen molar-refractivity contribution < 1.29 is 0 Å². The van der Waals surface area contributed by atoms with E-state index in [1.807, 2.05) is 18.3 Å². The summed E-state index contributed by atoms with van der Waals surface area (Å²) < 4.78 is 2.30. The van der Waals surface area contributed by atoms with Gasteiger partial charge in [0.25, 0.3) is 0 Å². The van der Waals surface area contributed by atoms with Crippen molar-refractivity contribution in [3.05, 3.63) is 24.2 Å². The number of fused-ring (bicyclic) bond motifs is 2. The second-order valence-corrected chi connectivity index (χ2v) is 5.75. The lowest BCUT2D eigenvalue weighted by molar-refractivity contribution is 0.290. The van der Waals surface area contributed by atoms with Crippen molar-refractivity contribution in [2.45, 2.75) is 37.2 Å². The first-order valence-electron chi connectivity index (χ1n) is 7.00. The number of aromatic nitrogens is 3. The van der Waals surface area contributed by atoms with Gasteiger partial charge in [-0.15, -0.1) is 11.6 Å². The predicted octanol–water partition coefficient (Wildman–Crippen LogP) is 2.58. The highest BCUT2D eigenvalue weighted by molar-refractivity contribution is 6.16. The highest BCUT2D eigenvalue weighted by Crippen LogP contribution is 2.38. The number of rotatable bonds is 2. The molecule has 4 nitrogen and oxygen atoms in total. The van der Waals surface area contributed by atoms with Crippen LogP contribution >= 0.6 is 11.6 Å². The molecule has 0 N–H and O–H groups in total. The molecule has 0 spiro atoms. The number of imidazole rings is 1. The van der Waals surface area contributed by atoms with Crippen LogP contribution in [-0.2, 0) is 5.88 Å². The molecule has 4 heterocycles. The van der Waals surface area contributed by atoms with Crippen LogP contribution in [0.2, 0.25) is 0 Å². The Labute approximate surface area is 117 Å². The fourth-order valence-corrected chi connectivity index (χ4v) is 3.96. The standard InChI is InChI=1S/C14H17ClN4/c15-9-13-17-10-3-1-6-16-14(10)19(13)12-5-8-18-7-2-4-11(12)18/h1,3,6,11-12H,2,4-5,7-9H2. The van der Waals surface area contributed by atoms with E-state index in [0.717, 1.165) is 17.0 Å². The Morgan fingerprint density at radius 3 is 3.11 bits per heavy atom. The molecule has 2 atom stereocenters. The maximum Gasteiger partial charge on any atom is 0.160 e. The van der Waals surface area contributed by atoms with E-state index in [2.05, 4.69) is 19.4 Å². The molecule has 2 aliphatic rings. The van der Waals surface area contributed by atoms with Crippen molar-refractivity contribution in [3.8, 4) is 0 Å². The van der Waals surface area contributed by atoms with Gasteiger partial charge in [-0.3, -0.25) is 4.90 Å². The Morgan fingerprint density at radius 2 is 2.21 bits per heavy atom. The molecule has 0 bridgehead atoms. The first-order chi connectivity index (χ1) is 9.38. The van der Waals surface area contributed by atoms with Gasteiger partial charge < -0.3 is 4.57 Å². The summed E-state index contributed by atoms with van der Waals surface area (Å²) in [4.78, 5) is 11.8. The second kappa shape index (κ2) is 4.46. The molecule has 0 amide bonds. The summed E-state index contributed by atoms with van der Waals surface area (Å²) in [5.41, 5.74) is 1.96.